The zero-order valence-electron chi connectivity index (χ0n) is 22.4. The molecule has 0 unspecified atom stereocenters. The van der Waals surface area contributed by atoms with Crippen LogP contribution in [0.2, 0.25) is 0 Å². The van der Waals surface area contributed by atoms with E-state index in [1.54, 1.807) is 0 Å². The summed E-state index contributed by atoms with van der Waals surface area (Å²) in [5.74, 6) is 0.108. The average molecular weight is 529 g/mol. The molecule has 0 bridgehead atoms. The van der Waals surface area contributed by atoms with Gasteiger partial charge in [-0.05, 0) is 29.5 Å². The van der Waals surface area contributed by atoms with Crippen molar-refractivity contribution in [2.24, 2.45) is 0 Å². The number of aryl methyl sites for hydroxylation is 1. The minimum atomic E-state index is -1.06. The van der Waals surface area contributed by atoms with E-state index >= 15 is 0 Å². The van der Waals surface area contributed by atoms with Crippen LogP contribution in [-0.2, 0) is 5.41 Å². The number of nitrogens with one attached hydrogen (secondary N) is 2. The topological polar surface area (TPSA) is 161 Å². The Kier molecular flexibility index (Phi) is 8.61. The van der Waals surface area contributed by atoms with Gasteiger partial charge >= 0.3 is 12.2 Å². The third-order valence-electron chi connectivity index (χ3n) is 5.49. The third-order valence-corrected chi connectivity index (χ3v) is 5.49. The molecule has 0 fully saturated rings. The lowest BCUT2D eigenvalue weighted by Gasteiger charge is -2.20. The Labute approximate surface area is 220 Å². The van der Waals surface area contributed by atoms with Gasteiger partial charge in [0.1, 0.15) is 12.0 Å². The maximum atomic E-state index is 12.9. The number of carbonyl (C=O) groups is 2. The molecule has 0 spiro atoms. The largest absolute Gasteiger partial charge is 0.479 e. The Hall–Kier alpha value is -4.55. The fourth-order valence-corrected chi connectivity index (χ4v) is 3.19. The molecule has 13 nitrogen and oxygen atoms in total. The van der Waals surface area contributed by atoms with Gasteiger partial charge in [-0.2, -0.15) is 15.0 Å². The normalized spacial score (nSPS) is 11.0. The van der Waals surface area contributed by atoms with Gasteiger partial charge in [-0.3, -0.25) is 4.79 Å². The number of carboxylic acid groups (broad SMARTS) is 1. The molecule has 0 saturated carbocycles. The summed E-state index contributed by atoms with van der Waals surface area (Å²) in [6.45, 7) is 8.63. The number of nitrogens with zero attached hydrogens (tertiary/aromatic N) is 4. The molecule has 2 aromatic heterocycles. The third kappa shape index (κ3) is 6.81. The molecule has 204 valence electrons. The van der Waals surface area contributed by atoms with Crippen LogP contribution in [0, 0.1) is 6.92 Å². The van der Waals surface area contributed by atoms with Gasteiger partial charge in [-0.1, -0.05) is 32.9 Å². The van der Waals surface area contributed by atoms with Crippen LogP contribution in [0.5, 0.6) is 23.6 Å². The predicted molar refractivity (Wildman–Crippen MR) is 139 cm³/mol. The predicted octanol–water partition coefficient (Wildman–Crippen LogP) is 4.15. The number of anilines is 2. The number of amides is 2. The van der Waals surface area contributed by atoms with Gasteiger partial charge in [-0.15, -0.1) is 0 Å². The van der Waals surface area contributed by atoms with Crippen LogP contribution in [0.3, 0.4) is 0 Å². The van der Waals surface area contributed by atoms with Crippen LogP contribution >= 0.6 is 0 Å². The molecule has 2 amide bonds. The van der Waals surface area contributed by atoms with Crippen molar-refractivity contribution in [3.05, 3.63) is 41.3 Å². The number of benzene rings is 1. The number of oxazole rings is 1. The van der Waals surface area contributed by atoms with Crippen LogP contribution in [0.25, 0.3) is 0 Å². The first kappa shape index (κ1) is 28.0. The van der Waals surface area contributed by atoms with Crippen LogP contribution in [0.1, 0.15) is 42.4 Å². The van der Waals surface area contributed by atoms with Gasteiger partial charge < -0.3 is 39.3 Å². The van der Waals surface area contributed by atoms with Gasteiger partial charge in [0, 0.05) is 20.1 Å². The van der Waals surface area contributed by atoms with Gasteiger partial charge in [-0.25, -0.2) is 4.79 Å². The molecule has 3 aromatic rings. The Morgan fingerprint density at radius 1 is 1.11 bits per heavy atom. The number of likely N-dealkylation sites (N-methyl/N-ethyl adjacent to an activating group) is 1. The number of carbonyl (C=O) groups excluding carboxylic acids is 1. The maximum Gasteiger partial charge on any atom is 0.407 e. The first-order valence-electron chi connectivity index (χ1n) is 11.7. The second-order valence-electron chi connectivity index (χ2n) is 9.36. The van der Waals surface area contributed by atoms with E-state index in [1.807, 2.05) is 25.1 Å². The van der Waals surface area contributed by atoms with Crippen LogP contribution < -0.4 is 24.8 Å². The maximum absolute atomic E-state index is 12.9. The van der Waals surface area contributed by atoms with E-state index in [0.29, 0.717) is 5.75 Å². The summed E-state index contributed by atoms with van der Waals surface area (Å²) in [6.07, 6.45) is 0.0174. The van der Waals surface area contributed by atoms with Crippen molar-refractivity contribution < 1.29 is 33.3 Å². The van der Waals surface area contributed by atoms with Crippen LogP contribution in [0.4, 0.5) is 16.4 Å². The summed E-state index contributed by atoms with van der Waals surface area (Å²) in [5, 5.41) is 14.5. The number of rotatable bonds is 10. The Bertz CT molecular complexity index is 1280. The number of hydrogen-bond donors (Lipinski definition) is 3. The molecular weight excluding hydrogens is 496 g/mol. The molecule has 0 saturated heterocycles. The van der Waals surface area contributed by atoms with Crippen LogP contribution in [0.15, 0.2) is 28.9 Å². The van der Waals surface area contributed by atoms with E-state index in [2.05, 4.69) is 46.4 Å². The lowest BCUT2D eigenvalue weighted by Crippen LogP contribution is -2.30. The lowest BCUT2D eigenvalue weighted by atomic mass is 9.86. The molecule has 13 heteroatoms. The van der Waals surface area contributed by atoms with E-state index in [1.165, 1.54) is 27.5 Å². The smallest absolute Gasteiger partial charge is 0.407 e. The number of aromatic nitrogens is 3. The molecule has 0 atom stereocenters. The SMILES string of the molecule is COc1nc(NCCN(C)C(=O)O)nc(OC)c1NC(=O)c1coc(Oc2cc(C(C)(C)C)ccc2C)n1. The first-order chi connectivity index (χ1) is 17.9. The Morgan fingerprint density at radius 3 is 2.34 bits per heavy atom. The van der Waals surface area contributed by atoms with Gasteiger partial charge in [0.25, 0.3) is 5.91 Å². The van der Waals surface area contributed by atoms with Crippen molar-refractivity contribution in [2.75, 3.05) is 45.0 Å². The minimum Gasteiger partial charge on any atom is -0.479 e. The first-order valence-corrected chi connectivity index (χ1v) is 11.7. The number of methoxy groups -OCH3 is 2. The van der Waals surface area contributed by atoms with E-state index in [0.717, 1.165) is 16.0 Å². The molecule has 0 aliphatic carbocycles. The zero-order valence-corrected chi connectivity index (χ0v) is 22.4. The molecule has 0 radical (unpaired) electrons. The van der Waals surface area contributed by atoms with Crippen molar-refractivity contribution in [1.82, 2.24) is 19.9 Å². The summed E-state index contributed by atoms with van der Waals surface area (Å²) in [5.41, 5.74) is 1.92. The van der Waals surface area contributed by atoms with E-state index in [9.17, 15) is 9.59 Å². The van der Waals surface area contributed by atoms with Crippen LogP contribution in [-0.4, -0.2) is 71.3 Å². The molecule has 38 heavy (non-hydrogen) atoms. The van der Waals surface area contributed by atoms with Gasteiger partial charge in [0.05, 0.1) is 14.2 Å². The highest BCUT2D eigenvalue weighted by atomic mass is 16.6. The van der Waals surface area contributed by atoms with E-state index < -0.39 is 12.0 Å². The van der Waals surface area contributed by atoms with E-state index in [-0.39, 0.29) is 53.7 Å². The van der Waals surface area contributed by atoms with E-state index in [4.69, 9.17) is 23.7 Å². The van der Waals surface area contributed by atoms with Crippen molar-refractivity contribution in [3.8, 4) is 23.6 Å². The summed E-state index contributed by atoms with van der Waals surface area (Å²) >= 11 is 0. The highest BCUT2D eigenvalue weighted by molar-refractivity contribution is 6.04. The molecule has 2 heterocycles. The summed E-state index contributed by atoms with van der Waals surface area (Å²) in [4.78, 5) is 37.5. The summed E-state index contributed by atoms with van der Waals surface area (Å²) < 4.78 is 21.8. The Balaban J connectivity index is 1.75. The summed E-state index contributed by atoms with van der Waals surface area (Å²) in [6, 6.07) is 5.91. The monoisotopic (exact) mass is 528 g/mol. The minimum absolute atomic E-state index is 0.0221. The molecule has 0 aliphatic rings. The average Bonchev–Trinajstić information content (AvgIpc) is 3.33. The second-order valence-corrected chi connectivity index (χ2v) is 9.36. The molecular formula is C25H32N6O7. The van der Waals surface area contributed by atoms with Gasteiger partial charge in [0.2, 0.25) is 17.7 Å². The van der Waals surface area contributed by atoms with Crippen molar-refractivity contribution in [1.29, 1.82) is 0 Å². The van der Waals surface area contributed by atoms with Crippen molar-refractivity contribution in [3.63, 3.8) is 0 Å². The molecule has 3 N–H and O–H groups in total. The van der Waals surface area contributed by atoms with Gasteiger partial charge in [0.15, 0.2) is 11.4 Å². The summed E-state index contributed by atoms with van der Waals surface area (Å²) in [7, 11) is 4.18. The highest BCUT2D eigenvalue weighted by Crippen LogP contribution is 2.34. The molecule has 3 rings (SSSR count). The van der Waals surface area contributed by atoms with Crippen molar-refractivity contribution in [2.45, 2.75) is 33.1 Å². The standard InChI is InChI=1S/C25H32N6O7/c1-14-8-9-15(25(2,3)4)12-17(14)38-23-27-16(13-37-23)19(32)28-18-20(35-6)29-22(30-21(18)36-7)26-10-11-31(5)24(33)34/h8-9,12-13H,10-11H2,1-7H3,(H,28,32)(H,33,34)(H,26,29,30). The molecule has 0 aliphatic heterocycles. The Morgan fingerprint density at radius 2 is 1.76 bits per heavy atom. The van der Waals surface area contributed by atoms with Crippen molar-refractivity contribution >= 4 is 23.6 Å². The fraction of sp³-hybridized carbons (Fsp3) is 0.400. The fourth-order valence-electron chi connectivity index (χ4n) is 3.19. The molecule has 1 aromatic carbocycles. The number of hydrogen-bond acceptors (Lipinski definition) is 10. The highest BCUT2D eigenvalue weighted by Gasteiger charge is 2.22. The lowest BCUT2D eigenvalue weighted by molar-refractivity contribution is 0.102. The zero-order chi connectivity index (χ0) is 28.0. The number of ether oxygens (including phenoxy) is 3. The second kappa shape index (κ2) is 11.7. The quantitative estimate of drug-likeness (QED) is 0.346.